The van der Waals surface area contributed by atoms with E-state index in [-0.39, 0.29) is 0 Å². The molecule has 3 rings (SSSR count). The number of rotatable bonds is 5. The first-order valence-electron chi connectivity index (χ1n) is 7.36. The maximum atomic E-state index is 4.83. The van der Waals surface area contributed by atoms with Crippen molar-refractivity contribution in [3.8, 4) is 11.3 Å². The molecule has 0 spiro atoms. The number of aryl methyl sites for hydroxylation is 1. The van der Waals surface area contributed by atoms with E-state index in [4.69, 9.17) is 5.10 Å². The Labute approximate surface area is 138 Å². The van der Waals surface area contributed by atoms with E-state index in [9.17, 15) is 0 Å². The van der Waals surface area contributed by atoms with Gasteiger partial charge in [-0.05, 0) is 45.3 Å². The first kappa shape index (κ1) is 15.2. The third kappa shape index (κ3) is 3.20. The van der Waals surface area contributed by atoms with E-state index in [0.717, 1.165) is 46.1 Å². The molecule has 0 aliphatic carbocycles. The minimum atomic E-state index is 0.912. The van der Waals surface area contributed by atoms with Crippen LogP contribution >= 0.6 is 15.9 Å². The van der Waals surface area contributed by atoms with Crippen molar-refractivity contribution in [2.75, 3.05) is 20.6 Å². The highest BCUT2D eigenvalue weighted by Gasteiger charge is 2.12. The molecule has 0 N–H and O–H groups in total. The van der Waals surface area contributed by atoms with Gasteiger partial charge in [-0.3, -0.25) is 9.67 Å². The van der Waals surface area contributed by atoms with Crippen LogP contribution in [0, 0.1) is 0 Å². The molecule has 4 nitrogen and oxygen atoms in total. The zero-order chi connectivity index (χ0) is 15.5. The highest BCUT2D eigenvalue weighted by atomic mass is 79.9. The van der Waals surface area contributed by atoms with Gasteiger partial charge < -0.3 is 4.90 Å². The number of benzene rings is 1. The molecule has 0 aliphatic rings. The number of fused-ring (bicyclic) bond motifs is 1. The zero-order valence-corrected chi connectivity index (χ0v) is 14.4. The van der Waals surface area contributed by atoms with Crippen molar-refractivity contribution in [2.24, 2.45) is 0 Å². The molecular formula is C17H19BrN4. The van der Waals surface area contributed by atoms with Crippen LogP contribution in [0.15, 0.2) is 47.2 Å². The van der Waals surface area contributed by atoms with Crippen LogP contribution in [0.1, 0.15) is 6.42 Å². The minimum absolute atomic E-state index is 0.912. The second kappa shape index (κ2) is 6.58. The Morgan fingerprint density at radius 2 is 1.91 bits per heavy atom. The molecule has 0 amide bonds. The van der Waals surface area contributed by atoms with Gasteiger partial charge in [0.1, 0.15) is 5.69 Å². The number of nitrogens with zero attached hydrogens (tertiary/aromatic N) is 4. The number of aromatic nitrogens is 3. The molecule has 0 radical (unpaired) electrons. The fourth-order valence-corrected chi connectivity index (χ4v) is 2.82. The van der Waals surface area contributed by atoms with Crippen LogP contribution in [0.5, 0.6) is 0 Å². The maximum Gasteiger partial charge on any atom is 0.102 e. The van der Waals surface area contributed by atoms with Crippen LogP contribution in [0.25, 0.3) is 22.2 Å². The minimum Gasteiger partial charge on any atom is -0.309 e. The lowest BCUT2D eigenvalue weighted by Crippen LogP contribution is -2.15. The van der Waals surface area contributed by atoms with Crippen LogP contribution in [0.4, 0.5) is 0 Å². The van der Waals surface area contributed by atoms with Gasteiger partial charge in [0, 0.05) is 34.4 Å². The summed E-state index contributed by atoms with van der Waals surface area (Å²) in [6.07, 6.45) is 4.81. The van der Waals surface area contributed by atoms with E-state index in [0.29, 0.717) is 0 Å². The SMILES string of the molecule is CN(C)CCCn1nc(-c2ccc(Br)cc2)c2cnccc21. The molecule has 0 saturated carbocycles. The normalized spacial score (nSPS) is 11.5. The van der Waals surface area contributed by atoms with Crippen molar-refractivity contribution in [1.82, 2.24) is 19.7 Å². The van der Waals surface area contributed by atoms with Crippen LogP contribution in [0.3, 0.4) is 0 Å². The fourth-order valence-electron chi connectivity index (χ4n) is 2.55. The molecule has 0 unspecified atom stereocenters. The van der Waals surface area contributed by atoms with Gasteiger partial charge in [-0.2, -0.15) is 5.10 Å². The molecule has 0 atom stereocenters. The van der Waals surface area contributed by atoms with Gasteiger partial charge in [0.05, 0.1) is 5.52 Å². The van der Waals surface area contributed by atoms with Gasteiger partial charge in [0.25, 0.3) is 0 Å². The number of pyridine rings is 1. The van der Waals surface area contributed by atoms with E-state index in [1.165, 1.54) is 0 Å². The summed E-state index contributed by atoms with van der Waals surface area (Å²) in [4.78, 5) is 6.46. The molecule has 0 saturated heterocycles. The summed E-state index contributed by atoms with van der Waals surface area (Å²) in [7, 11) is 4.19. The number of hydrogen-bond donors (Lipinski definition) is 0. The summed E-state index contributed by atoms with van der Waals surface area (Å²) >= 11 is 3.48. The highest BCUT2D eigenvalue weighted by Crippen LogP contribution is 2.28. The Morgan fingerprint density at radius 3 is 2.64 bits per heavy atom. The van der Waals surface area contributed by atoms with Crippen molar-refractivity contribution < 1.29 is 0 Å². The van der Waals surface area contributed by atoms with Gasteiger partial charge in [-0.1, -0.05) is 28.1 Å². The van der Waals surface area contributed by atoms with Crippen molar-refractivity contribution in [3.63, 3.8) is 0 Å². The largest absolute Gasteiger partial charge is 0.309 e. The average molecular weight is 359 g/mol. The molecule has 2 heterocycles. The molecule has 0 fully saturated rings. The predicted molar refractivity (Wildman–Crippen MR) is 93.8 cm³/mol. The standard InChI is InChI=1S/C17H19BrN4/c1-21(2)10-3-11-22-16-8-9-19-12-15(16)17(20-22)13-4-6-14(18)7-5-13/h4-9,12H,3,10-11H2,1-2H3. The van der Waals surface area contributed by atoms with Crippen LogP contribution in [-0.2, 0) is 6.54 Å². The number of hydrogen-bond acceptors (Lipinski definition) is 3. The van der Waals surface area contributed by atoms with Crippen molar-refractivity contribution in [3.05, 3.63) is 47.2 Å². The Kier molecular flexibility index (Phi) is 4.55. The molecule has 0 bridgehead atoms. The van der Waals surface area contributed by atoms with E-state index < -0.39 is 0 Å². The molecule has 3 aromatic rings. The lowest BCUT2D eigenvalue weighted by Gasteiger charge is -2.09. The quantitative estimate of drug-likeness (QED) is 0.695. The van der Waals surface area contributed by atoms with Gasteiger partial charge in [-0.25, -0.2) is 0 Å². The summed E-state index contributed by atoms with van der Waals surface area (Å²) in [6.45, 7) is 1.97. The van der Waals surface area contributed by atoms with Gasteiger partial charge in [-0.15, -0.1) is 0 Å². The highest BCUT2D eigenvalue weighted by molar-refractivity contribution is 9.10. The monoisotopic (exact) mass is 358 g/mol. The van der Waals surface area contributed by atoms with Crippen molar-refractivity contribution >= 4 is 26.8 Å². The Hall–Kier alpha value is -1.72. The number of halogens is 1. The summed E-state index contributed by atoms with van der Waals surface area (Å²) in [5, 5.41) is 5.94. The first-order chi connectivity index (χ1) is 10.6. The first-order valence-corrected chi connectivity index (χ1v) is 8.15. The third-order valence-electron chi connectivity index (χ3n) is 3.64. The lowest BCUT2D eigenvalue weighted by molar-refractivity contribution is 0.383. The molecule has 2 aromatic heterocycles. The van der Waals surface area contributed by atoms with Crippen LogP contribution < -0.4 is 0 Å². The fraction of sp³-hybridized carbons (Fsp3) is 0.294. The van der Waals surface area contributed by atoms with E-state index in [1.54, 1.807) is 0 Å². The summed E-state index contributed by atoms with van der Waals surface area (Å²) in [5.74, 6) is 0. The lowest BCUT2D eigenvalue weighted by atomic mass is 10.1. The molecular weight excluding hydrogens is 340 g/mol. The predicted octanol–water partition coefficient (Wildman–Crippen LogP) is 3.81. The summed E-state index contributed by atoms with van der Waals surface area (Å²) < 4.78 is 3.17. The van der Waals surface area contributed by atoms with Gasteiger partial charge in [0.2, 0.25) is 0 Å². The topological polar surface area (TPSA) is 34.0 Å². The average Bonchev–Trinajstić information content (AvgIpc) is 2.87. The van der Waals surface area contributed by atoms with Gasteiger partial charge in [0.15, 0.2) is 0 Å². The Balaban J connectivity index is 1.98. The Bertz CT molecular complexity index is 762. The van der Waals surface area contributed by atoms with E-state index in [2.05, 4.69) is 56.7 Å². The molecule has 22 heavy (non-hydrogen) atoms. The molecule has 1 aromatic carbocycles. The van der Waals surface area contributed by atoms with Crippen molar-refractivity contribution in [2.45, 2.75) is 13.0 Å². The second-order valence-corrected chi connectivity index (χ2v) is 6.54. The van der Waals surface area contributed by atoms with E-state index >= 15 is 0 Å². The molecule has 114 valence electrons. The Morgan fingerprint density at radius 1 is 1.14 bits per heavy atom. The van der Waals surface area contributed by atoms with Crippen LogP contribution in [0.2, 0.25) is 0 Å². The third-order valence-corrected chi connectivity index (χ3v) is 4.17. The van der Waals surface area contributed by atoms with E-state index in [1.807, 2.05) is 30.6 Å². The second-order valence-electron chi connectivity index (χ2n) is 5.63. The van der Waals surface area contributed by atoms with Crippen LogP contribution in [-0.4, -0.2) is 40.3 Å². The van der Waals surface area contributed by atoms with Crippen molar-refractivity contribution in [1.29, 1.82) is 0 Å². The zero-order valence-electron chi connectivity index (χ0n) is 12.8. The maximum absolute atomic E-state index is 4.83. The summed E-state index contributed by atoms with van der Waals surface area (Å²) in [5.41, 5.74) is 3.26. The smallest absolute Gasteiger partial charge is 0.102 e. The molecule has 0 aliphatic heterocycles. The van der Waals surface area contributed by atoms with Gasteiger partial charge >= 0.3 is 0 Å². The summed E-state index contributed by atoms with van der Waals surface area (Å²) in [6, 6.07) is 10.3. The molecule has 5 heteroatoms.